The highest BCUT2D eigenvalue weighted by Crippen LogP contribution is 2.33. The molecule has 1 amide bonds. The van der Waals surface area contributed by atoms with Crippen LogP contribution >= 0.6 is 12.4 Å². The molecule has 0 saturated heterocycles. The van der Waals surface area contributed by atoms with Crippen LogP contribution in [0.2, 0.25) is 0 Å². The van der Waals surface area contributed by atoms with E-state index in [9.17, 15) is 10.0 Å². The molecule has 2 atom stereocenters. The number of anilines is 1. The van der Waals surface area contributed by atoms with Gasteiger partial charge in [0.05, 0.1) is 11.7 Å². The summed E-state index contributed by atoms with van der Waals surface area (Å²) in [5, 5.41) is 10.2. The van der Waals surface area contributed by atoms with E-state index in [1.54, 1.807) is 12.1 Å². The van der Waals surface area contributed by atoms with Crippen molar-refractivity contribution in [3.63, 3.8) is 0 Å². The number of amides is 1. The summed E-state index contributed by atoms with van der Waals surface area (Å²) >= 11 is 0. The molecule has 0 fully saturated rings. The minimum atomic E-state index is -0.658. The van der Waals surface area contributed by atoms with Crippen LogP contribution in [0.1, 0.15) is 18.4 Å². The van der Waals surface area contributed by atoms with E-state index in [1.807, 2.05) is 19.1 Å². The Kier molecular flexibility index (Phi) is 3.34. The molecule has 0 radical (unpaired) electrons. The molecule has 82 valence electrons. The van der Waals surface area contributed by atoms with Crippen LogP contribution in [0, 0.1) is 0 Å². The number of hydrogen-bond acceptors (Lipinski definition) is 3. The topological polar surface area (TPSA) is 66.6 Å². The molecule has 0 unspecified atom stereocenters. The van der Waals surface area contributed by atoms with E-state index in [0.29, 0.717) is 10.8 Å². The number of rotatable bonds is 0. The smallest absolute Gasteiger partial charge is 0.268 e. The van der Waals surface area contributed by atoms with E-state index in [-0.39, 0.29) is 18.3 Å². The minimum absolute atomic E-state index is 0. The molecule has 4 nitrogen and oxygen atoms in total. The molecule has 15 heavy (non-hydrogen) atoms. The first-order chi connectivity index (χ1) is 6.63. The van der Waals surface area contributed by atoms with Crippen molar-refractivity contribution < 1.29 is 10.0 Å². The molecular weight excluding hydrogens is 216 g/mol. The lowest BCUT2D eigenvalue weighted by molar-refractivity contribution is -0.125. The van der Waals surface area contributed by atoms with Gasteiger partial charge in [-0.15, -0.1) is 12.4 Å². The molecule has 1 heterocycles. The summed E-state index contributed by atoms with van der Waals surface area (Å²) in [6.07, 6.45) is 0. The zero-order valence-electron chi connectivity index (χ0n) is 8.25. The molecule has 0 spiro atoms. The summed E-state index contributed by atoms with van der Waals surface area (Å²) in [6, 6.07) is 6.56. The summed E-state index contributed by atoms with van der Waals surface area (Å²) in [5.41, 5.74) is 7.11. The maximum Gasteiger partial charge on any atom is 0.268 e. The molecular formula is C10H13ClN2O2. The maximum atomic E-state index is 11.4. The Morgan fingerprint density at radius 3 is 2.67 bits per heavy atom. The number of carbonyl (C=O) groups is 1. The molecule has 0 aliphatic carbocycles. The third-order valence-corrected chi connectivity index (χ3v) is 2.69. The van der Waals surface area contributed by atoms with Gasteiger partial charge < -0.3 is 5.73 Å². The van der Waals surface area contributed by atoms with Gasteiger partial charge in [-0.2, -0.15) is 5.06 Å². The molecule has 5 heteroatoms. The van der Waals surface area contributed by atoms with Gasteiger partial charge in [0.2, 0.25) is 0 Å². The third-order valence-electron chi connectivity index (χ3n) is 2.69. The standard InChI is InChI=1S/C10H12N2O2.ClH/c1-6-7-4-2-3-5-8(7)12(14)10(13)9(6)11;/h2-6,9,14H,11H2,1H3;1H/t6-,9+;/m0./s1. The number of nitrogens with two attached hydrogens (primary N) is 1. The normalized spacial score (nSPS) is 24.5. The summed E-state index contributed by atoms with van der Waals surface area (Å²) in [4.78, 5) is 11.4. The molecule has 1 aliphatic rings. The Hall–Kier alpha value is -1.10. The summed E-state index contributed by atoms with van der Waals surface area (Å²) < 4.78 is 0. The second kappa shape index (κ2) is 4.18. The zero-order valence-corrected chi connectivity index (χ0v) is 9.07. The molecule has 1 aromatic carbocycles. The lowest BCUT2D eigenvalue weighted by Gasteiger charge is -2.32. The van der Waals surface area contributed by atoms with Gasteiger partial charge in [0.15, 0.2) is 0 Å². The van der Waals surface area contributed by atoms with Crippen molar-refractivity contribution in [3.8, 4) is 0 Å². The van der Waals surface area contributed by atoms with Gasteiger partial charge in [0.1, 0.15) is 0 Å². The van der Waals surface area contributed by atoms with Crippen molar-refractivity contribution in [2.24, 2.45) is 5.73 Å². The van der Waals surface area contributed by atoms with Crippen LogP contribution in [0.4, 0.5) is 5.69 Å². The summed E-state index contributed by atoms with van der Waals surface area (Å²) in [7, 11) is 0. The Bertz CT molecular complexity index is 383. The maximum absolute atomic E-state index is 11.4. The quantitative estimate of drug-likeness (QED) is 0.658. The van der Waals surface area contributed by atoms with Gasteiger partial charge in [-0.05, 0) is 11.6 Å². The Balaban J connectivity index is 0.00000112. The predicted molar refractivity (Wildman–Crippen MR) is 59.4 cm³/mol. The first kappa shape index (κ1) is 12.0. The van der Waals surface area contributed by atoms with Gasteiger partial charge in [0, 0.05) is 5.92 Å². The van der Waals surface area contributed by atoms with E-state index < -0.39 is 11.9 Å². The number of para-hydroxylation sites is 1. The lowest BCUT2D eigenvalue weighted by atomic mass is 9.88. The van der Waals surface area contributed by atoms with Crippen molar-refractivity contribution in [3.05, 3.63) is 29.8 Å². The fourth-order valence-electron chi connectivity index (χ4n) is 1.73. The average Bonchev–Trinajstić information content (AvgIpc) is 2.23. The van der Waals surface area contributed by atoms with Gasteiger partial charge in [-0.3, -0.25) is 10.0 Å². The number of carbonyl (C=O) groups excluding carboxylic acids is 1. The van der Waals surface area contributed by atoms with E-state index in [0.717, 1.165) is 5.56 Å². The van der Waals surface area contributed by atoms with E-state index in [4.69, 9.17) is 5.73 Å². The highest BCUT2D eigenvalue weighted by molar-refractivity contribution is 5.98. The largest absolute Gasteiger partial charge is 0.319 e. The van der Waals surface area contributed by atoms with Gasteiger partial charge in [-0.1, -0.05) is 25.1 Å². The van der Waals surface area contributed by atoms with Crippen molar-refractivity contribution in [1.82, 2.24) is 0 Å². The van der Waals surface area contributed by atoms with Crippen LogP contribution in [0.3, 0.4) is 0 Å². The van der Waals surface area contributed by atoms with E-state index >= 15 is 0 Å². The SMILES string of the molecule is C[C@H]1c2ccccc2N(O)C(=O)[C@@H]1N.Cl. The molecule has 1 aliphatic heterocycles. The van der Waals surface area contributed by atoms with Crippen molar-refractivity contribution >= 4 is 24.0 Å². The van der Waals surface area contributed by atoms with Crippen LogP contribution in [-0.2, 0) is 4.79 Å². The van der Waals surface area contributed by atoms with Gasteiger partial charge >= 0.3 is 0 Å². The molecule has 0 aromatic heterocycles. The molecule has 0 bridgehead atoms. The van der Waals surface area contributed by atoms with Crippen LogP contribution in [0.5, 0.6) is 0 Å². The Morgan fingerprint density at radius 2 is 2.00 bits per heavy atom. The number of halogens is 1. The van der Waals surface area contributed by atoms with E-state index in [1.165, 1.54) is 0 Å². The Morgan fingerprint density at radius 1 is 1.40 bits per heavy atom. The molecule has 3 N–H and O–H groups in total. The number of benzene rings is 1. The van der Waals surface area contributed by atoms with Crippen LogP contribution < -0.4 is 10.8 Å². The average molecular weight is 229 g/mol. The first-order valence-electron chi connectivity index (χ1n) is 4.50. The minimum Gasteiger partial charge on any atom is -0.319 e. The zero-order chi connectivity index (χ0) is 10.3. The summed E-state index contributed by atoms with van der Waals surface area (Å²) in [5.74, 6) is -0.502. The number of hydroxylamine groups is 1. The predicted octanol–water partition coefficient (Wildman–Crippen LogP) is 1.27. The second-order valence-electron chi connectivity index (χ2n) is 3.52. The Labute approximate surface area is 94.0 Å². The van der Waals surface area contributed by atoms with Crippen molar-refractivity contribution in [2.75, 3.05) is 5.06 Å². The fourth-order valence-corrected chi connectivity index (χ4v) is 1.73. The number of hydrogen-bond donors (Lipinski definition) is 2. The third kappa shape index (κ3) is 1.71. The van der Waals surface area contributed by atoms with Crippen molar-refractivity contribution in [1.29, 1.82) is 0 Å². The van der Waals surface area contributed by atoms with Crippen LogP contribution in [-0.4, -0.2) is 17.2 Å². The van der Waals surface area contributed by atoms with Gasteiger partial charge in [0.25, 0.3) is 5.91 Å². The van der Waals surface area contributed by atoms with Gasteiger partial charge in [-0.25, -0.2) is 0 Å². The molecule has 1 aromatic rings. The first-order valence-corrected chi connectivity index (χ1v) is 4.50. The molecule has 0 saturated carbocycles. The molecule has 2 rings (SSSR count). The summed E-state index contributed by atoms with van der Waals surface area (Å²) in [6.45, 7) is 1.88. The van der Waals surface area contributed by atoms with Crippen LogP contribution in [0.15, 0.2) is 24.3 Å². The van der Waals surface area contributed by atoms with Crippen LogP contribution in [0.25, 0.3) is 0 Å². The fraction of sp³-hybridized carbons (Fsp3) is 0.300. The number of fused-ring (bicyclic) bond motifs is 1. The van der Waals surface area contributed by atoms with Crippen molar-refractivity contribution in [2.45, 2.75) is 18.9 Å². The van der Waals surface area contributed by atoms with E-state index in [2.05, 4.69) is 0 Å². The highest BCUT2D eigenvalue weighted by atomic mass is 35.5. The second-order valence-corrected chi connectivity index (χ2v) is 3.52. The number of nitrogens with zero attached hydrogens (tertiary/aromatic N) is 1. The lowest BCUT2D eigenvalue weighted by Crippen LogP contribution is -2.49. The monoisotopic (exact) mass is 228 g/mol. The highest BCUT2D eigenvalue weighted by Gasteiger charge is 2.34.